The molecule has 2 amide bonds. The fourth-order valence-corrected chi connectivity index (χ4v) is 3.10. The lowest BCUT2D eigenvalue weighted by molar-refractivity contribution is -0.134. The Labute approximate surface area is 173 Å². The van der Waals surface area contributed by atoms with Crippen molar-refractivity contribution in [1.82, 2.24) is 15.7 Å². The first-order valence-electron chi connectivity index (χ1n) is 9.93. The van der Waals surface area contributed by atoms with E-state index in [1.54, 1.807) is 51.0 Å². The normalized spacial score (nSPS) is 16.3. The lowest BCUT2D eigenvalue weighted by atomic mass is 9.97. The minimum absolute atomic E-state index is 0.229. The van der Waals surface area contributed by atoms with Gasteiger partial charge in [0.2, 0.25) is 11.8 Å². The molecule has 8 nitrogen and oxygen atoms in total. The van der Waals surface area contributed by atoms with Crippen molar-refractivity contribution in [2.45, 2.75) is 44.9 Å². The second-order valence-corrected chi connectivity index (χ2v) is 7.84. The largest absolute Gasteiger partial charge is 0.380 e. The molecule has 164 valence electrons. The van der Waals surface area contributed by atoms with Crippen LogP contribution >= 0.6 is 0 Å². The van der Waals surface area contributed by atoms with E-state index in [0.29, 0.717) is 11.5 Å². The molecular weight excluding hydrogens is 372 g/mol. The summed E-state index contributed by atoms with van der Waals surface area (Å²) in [4.78, 5) is 24.9. The van der Waals surface area contributed by atoms with E-state index in [2.05, 4.69) is 19.2 Å². The number of amides is 2. The molecule has 0 saturated heterocycles. The van der Waals surface area contributed by atoms with Gasteiger partial charge in [0.1, 0.15) is 6.04 Å². The summed E-state index contributed by atoms with van der Waals surface area (Å²) in [6.07, 6.45) is 2.85. The van der Waals surface area contributed by atoms with Gasteiger partial charge in [-0.25, -0.2) is 0 Å². The number of carbonyl (C=O) groups is 2. The molecule has 0 heterocycles. The van der Waals surface area contributed by atoms with Crippen molar-refractivity contribution in [1.29, 1.82) is 0 Å². The average Bonchev–Trinajstić information content (AvgIpc) is 3.52. The summed E-state index contributed by atoms with van der Waals surface area (Å²) in [5.41, 5.74) is 8.46. The van der Waals surface area contributed by atoms with Crippen LogP contribution in [0, 0.1) is 11.8 Å². The minimum Gasteiger partial charge on any atom is -0.380 e. The van der Waals surface area contributed by atoms with Gasteiger partial charge in [-0.05, 0) is 30.2 Å². The summed E-state index contributed by atoms with van der Waals surface area (Å²) >= 11 is 0. The second kappa shape index (κ2) is 12.5. The summed E-state index contributed by atoms with van der Waals surface area (Å²) in [6, 6.07) is 8.46. The maximum atomic E-state index is 12.0. The van der Waals surface area contributed by atoms with Gasteiger partial charge in [0.05, 0.1) is 12.6 Å². The Hall–Kier alpha value is -2.00. The number of ether oxygens (including phenoxy) is 1. The molecule has 0 spiro atoms. The molecule has 8 heteroatoms. The van der Waals surface area contributed by atoms with E-state index in [1.807, 2.05) is 6.07 Å². The zero-order valence-corrected chi connectivity index (χ0v) is 18.1. The second-order valence-electron chi connectivity index (χ2n) is 7.84. The number of hydrogen-bond acceptors (Lipinski definition) is 6. The van der Waals surface area contributed by atoms with Gasteiger partial charge in [0.15, 0.2) is 0 Å². The van der Waals surface area contributed by atoms with Crippen LogP contribution in [0.3, 0.4) is 0 Å². The monoisotopic (exact) mass is 408 g/mol. The predicted octanol–water partition coefficient (Wildman–Crippen LogP) is 1.31. The zero-order chi connectivity index (χ0) is 22.0. The zero-order valence-electron chi connectivity index (χ0n) is 18.1. The molecule has 1 aliphatic rings. The number of rotatable bonds is 9. The fourth-order valence-electron chi connectivity index (χ4n) is 3.10. The maximum absolute atomic E-state index is 12.0. The highest BCUT2D eigenvalue weighted by Gasteiger charge is 2.35. The van der Waals surface area contributed by atoms with Crippen molar-refractivity contribution >= 4 is 11.8 Å². The van der Waals surface area contributed by atoms with Crippen molar-refractivity contribution < 1.29 is 19.5 Å². The van der Waals surface area contributed by atoms with E-state index in [4.69, 9.17) is 15.7 Å². The highest BCUT2D eigenvalue weighted by atomic mass is 16.5. The molecule has 0 bridgehead atoms. The quantitative estimate of drug-likeness (QED) is 0.458. The third-order valence-electron chi connectivity index (χ3n) is 4.84. The van der Waals surface area contributed by atoms with Crippen LogP contribution < -0.4 is 16.5 Å². The van der Waals surface area contributed by atoms with Crippen molar-refractivity contribution in [2.24, 2.45) is 17.6 Å². The number of hydrogen-bond donors (Lipinski definition) is 4. The van der Waals surface area contributed by atoms with E-state index in [0.717, 1.165) is 5.92 Å². The Morgan fingerprint density at radius 3 is 2.24 bits per heavy atom. The van der Waals surface area contributed by atoms with Gasteiger partial charge < -0.3 is 25.9 Å². The standard InChI is InChI=1S/C12H17N3O3.C9H19NO/c1-15(2)12(17)11(14-10(16)8-13-18)9-6-4-3-5-7-9;1-6(2)9(11-3)8(10)7-4-5-7/h3-7,11,13,18H,8H2,1-2H3,(H,14,16);6-9H,4-5,10H2,1-3H3/t11-;/m0./s1. The first-order valence-corrected chi connectivity index (χ1v) is 9.93. The van der Waals surface area contributed by atoms with Crippen LogP contribution in [-0.4, -0.2) is 61.8 Å². The Bertz CT molecular complexity index is 620. The Balaban J connectivity index is 0.000000326. The topological polar surface area (TPSA) is 117 Å². The molecule has 1 aromatic carbocycles. The number of methoxy groups -OCH3 is 1. The van der Waals surface area contributed by atoms with Gasteiger partial charge in [0.25, 0.3) is 0 Å². The van der Waals surface area contributed by atoms with E-state index in [1.165, 1.54) is 17.7 Å². The molecule has 0 aliphatic heterocycles. The average molecular weight is 409 g/mol. The summed E-state index contributed by atoms with van der Waals surface area (Å²) in [6.45, 7) is 4.07. The van der Waals surface area contributed by atoms with Gasteiger partial charge in [-0.15, -0.1) is 0 Å². The third-order valence-corrected chi connectivity index (χ3v) is 4.84. The highest BCUT2D eigenvalue weighted by molar-refractivity contribution is 5.89. The van der Waals surface area contributed by atoms with Gasteiger partial charge >= 0.3 is 0 Å². The lowest BCUT2D eigenvalue weighted by Gasteiger charge is -2.25. The van der Waals surface area contributed by atoms with Crippen molar-refractivity contribution in [3.8, 4) is 0 Å². The molecule has 5 N–H and O–H groups in total. The van der Waals surface area contributed by atoms with Crippen LogP contribution in [0.4, 0.5) is 0 Å². The first-order chi connectivity index (χ1) is 13.7. The van der Waals surface area contributed by atoms with Gasteiger partial charge in [-0.3, -0.25) is 9.59 Å². The molecule has 1 saturated carbocycles. The number of benzene rings is 1. The molecule has 1 aliphatic carbocycles. The third kappa shape index (κ3) is 8.49. The smallest absolute Gasteiger partial charge is 0.249 e. The SMILES string of the molecule is CN(C)C(=O)[C@@H](NC(=O)CNO)c1ccccc1.COC(C(C)C)C(N)C1CC1. The van der Waals surface area contributed by atoms with Crippen LogP contribution in [0.2, 0.25) is 0 Å². The van der Waals surface area contributed by atoms with Gasteiger partial charge in [-0.2, -0.15) is 5.48 Å². The van der Waals surface area contributed by atoms with E-state index in [9.17, 15) is 9.59 Å². The van der Waals surface area contributed by atoms with Crippen LogP contribution in [0.25, 0.3) is 0 Å². The molecule has 2 rings (SSSR count). The summed E-state index contributed by atoms with van der Waals surface area (Å²) in [7, 11) is 5.00. The van der Waals surface area contributed by atoms with E-state index < -0.39 is 11.9 Å². The summed E-state index contributed by atoms with van der Waals surface area (Å²) < 4.78 is 5.35. The van der Waals surface area contributed by atoms with E-state index >= 15 is 0 Å². The van der Waals surface area contributed by atoms with Gasteiger partial charge in [0, 0.05) is 27.2 Å². The number of nitrogens with two attached hydrogens (primary N) is 1. The number of likely N-dealkylation sites (N-methyl/N-ethyl adjacent to an activating group) is 1. The van der Waals surface area contributed by atoms with Crippen molar-refractivity contribution in [3.05, 3.63) is 35.9 Å². The molecule has 1 aromatic rings. The van der Waals surface area contributed by atoms with Crippen LogP contribution in [0.15, 0.2) is 30.3 Å². The first kappa shape index (κ1) is 25.0. The molecular formula is C21H36N4O4. The predicted molar refractivity (Wildman–Crippen MR) is 112 cm³/mol. The van der Waals surface area contributed by atoms with Crippen molar-refractivity contribution in [2.75, 3.05) is 27.7 Å². The Morgan fingerprint density at radius 2 is 1.83 bits per heavy atom. The maximum Gasteiger partial charge on any atom is 0.249 e. The van der Waals surface area contributed by atoms with E-state index in [-0.39, 0.29) is 24.6 Å². The Kier molecular flexibility index (Phi) is 10.8. The summed E-state index contributed by atoms with van der Waals surface area (Å²) in [5.74, 6) is 0.590. The molecule has 3 atom stereocenters. The fraction of sp³-hybridized carbons (Fsp3) is 0.619. The van der Waals surface area contributed by atoms with Crippen LogP contribution in [0.5, 0.6) is 0 Å². The number of nitrogens with zero attached hydrogens (tertiary/aromatic N) is 1. The van der Waals surface area contributed by atoms with Crippen molar-refractivity contribution in [3.63, 3.8) is 0 Å². The molecule has 0 radical (unpaired) electrons. The molecule has 2 unspecified atom stereocenters. The molecule has 1 fully saturated rings. The number of hydroxylamine groups is 1. The lowest BCUT2D eigenvalue weighted by Crippen LogP contribution is -2.42. The Morgan fingerprint density at radius 1 is 1.24 bits per heavy atom. The minimum atomic E-state index is -0.748. The summed E-state index contributed by atoms with van der Waals surface area (Å²) in [5, 5.41) is 11.0. The van der Waals surface area contributed by atoms with Crippen LogP contribution in [-0.2, 0) is 14.3 Å². The number of nitrogens with one attached hydrogen (secondary N) is 2. The van der Waals surface area contributed by atoms with Gasteiger partial charge in [-0.1, -0.05) is 44.2 Å². The molecule has 29 heavy (non-hydrogen) atoms. The van der Waals surface area contributed by atoms with Crippen LogP contribution in [0.1, 0.15) is 38.3 Å². The highest BCUT2D eigenvalue weighted by Crippen LogP contribution is 2.34. The molecule has 0 aromatic heterocycles. The number of carbonyl (C=O) groups excluding carboxylic acids is 2.